The van der Waals surface area contributed by atoms with Gasteiger partial charge in [-0.1, -0.05) is 208 Å². The van der Waals surface area contributed by atoms with Gasteiger partial charge >= 0.3 is 0 Å². The molecule has 4 nitrogen and oxygen atoms in total. The number of benzene rings is 4. The lowest BCUT2D eigenvalue weighted by molar-refractivity contribution is 0.512. The van der Waals surface area contributed by atoms with Crippen LogP contribution in [0.25, 0.3) is 0 Å². The molecule has 0 spiro atoms. The zero-order valence-corrected chi connectivity index (χ0v) is 42.1. The van der Waals surface area contributed by atoms with Crippen LogP contribution in [0.15, 0.2) is 97.1 Å². The Kier molecular flexibility index (Phi) is 14.7. The lowest BCUT2D eigenvalue weighted by Gasteiger charge is -2.40. The van der Waals surface area contributed by atoms with Crippen molar-refractivity contribution in [3.8, 4) is 0 Å². The lowest BCUT2D eigenvalue weighted by Crippen LogP contribution is -2.54. The first kappa shape index (κ1) is 47.3. The van der Waals surface area contributed by atoms with Gasteiger partial charge in [0, 0.05) is 0 Å². The Balaban J connectivity index is 2.18. The van der Waals surface area contributed by atoms with E-state index >= 15 is 0 Å². The molecule has 0 saturated heterocycles. The largest absolute Gasteiger partial charge is 0.427 e. The minimum absolute atomic E-state index is 0.153. The van der Waals surface area contributed by atoms with Gasteiger partial charge in [0.25, 0.3) is 0 Å². The predicted molar refractivity (Wildman–Crippen MR) is 256 cm³/mol. The number of hydrogen-bond acceptors (Lipinski definition) is 4. The minimum Gasteiger partial charge on any atom is -0.427 e. The maximum atomic E-state index is 12.3. The topological polar surface area (TPSA) is 80.9 Å². The van der Waals surface area contributed by atoms with Crippen molar-refractivity contribution in [1.29, 1.82) is 0 Å². The maximum Gasteiger partial charge on any atom is 0.225 e. The monoisotopic (exact) mass is 840 g/mol. The third kappa shape index (κ3) is 7.99. The summed E-state index contributed by atoms with van der Waals surface area (Å²) in [6.45, 7) is 34.3. The molecule has 0 fully saturated rings. The summed E-state index contributed by atoms with van der Waals surface area (Å²) in [4.78, 5) is 49.0. The molecule has 312 valence electrons. The summed E-state index contributed by atoms with van der Waals surface area (Å²) in [6, 6.07) is 35.1. The summed E-state index contributed by atoms with van der Waals surface area (Å²) in [5.74, 6) is 0. The van der Waals surface area contributed by atoms with E-state index in [1.165, 1.54) is 0 Å². The molecule has 4 N–H and O–H groups in total. The van der Waals surface area contributed by atoms with E-state index in [-0.39, 0.29) is 44.3 Å². The van der Waals surface area contributed by atoms with Crippen molar-refractivity contribution in [2.75, 3.05) is 0 Å². The van der Waals surface area contributed by atoms with Crippen LogP contribution in [0.2, 0.25) is 44.3 Å². The van der Waals surface area contributed by atoms with Gasteiger partial charge in [-0.2, -0.15) is 0 Å². The molecular formula is C49H76O4Si4. The second kappa shape index (κ2) is 17.7. The molecule has 0 heterocycles. The van der Waals surface area contributed by atoms with E-state index in [1.807, 2.05) is 0 Å². The number of rotatable bonds is 16. The van der Waals surface area contributed by atoms with Crippen LogP contribution in [-0.4, -0.2) is 52.5 Å². The van der Waals surface area contributed by atoms with E-state index in [4.69, 9.17) is 0 Å². The summed E-state index contributed by atoms with van der Waals surface area (Å²) in [6.07, 6.45) is 0. The highest BCUT2D eigenvalue weighted by molar-refractivity contribution is 6.89. The predicted octanol–water partition coefficient (Wildman–Crippen LogP) is 9.93. The van der Waals surface area contributed by atoms with Crippen LogP contribution in [0.3, 0.4) is 0 Å². The Morgan fingerprint density at radius 2 is 0.386 bits per heavy atom. The molecule has 57 heavy (non-hydrogen) atoms. The Bertz CT molecular complexity index is 1580. The van der Waals surface area contributed by atoms with Crippen molar-refractivity contribution in [3.63, 3.8) is 0 Å². The second-order valence-corrected chi connectivity index (χ2v) is 37.7. The summed E-state index contributed by atoms with van der Waals surface area (Å²) >= 11 is 0. The molecular weight excluding hydrogens is 765 g/mol. The van der Waals surface area contributed by atoms with Gasteiger partial charge in [0.2, 0.25) is 33.3 Å². The minimum atomic E-state index is -2.82. The fraction of sp³-hybridized carbons (Fsp3) is 0.510. The molecule has 0 aliphatic carbocycles. The third-order valence-corrected chi connectivity index (χ3v) is 33.3. The van der Waals surface area contributed by atoms with Crippen molar-refractivity contribution >= 4 is 54.0 Å². The van der Waals surface area contributed by atoms with Crippen LogP contribution in [0.1, 0.15) is 133 Å². The second-order valence-electron chi connectivity index (χ2n) is 19.6. The van der Waals surface area contributed by atoms with Gasteiger partial charge in [-0.3, -0.25) is 0 Å². The van der Waals surface area contributed by atoms with Crippen molar-refractivity contribution in [1.82, 2.24) is 0 Å². The molecule has 4 aromatic carbocycles. The smallest absolute Gasteiger partial charge is 0.225 e. The first-order valence-electron chi connectivity index (χ1n) is 21.7. The van der Waals surface area contributed by atoms with Gasteiger partial charge in [-0.15, -0.1) is 0 Å². The summed E-state index contributed by atoms with van der Waals surface area (Å²) in [5, 5.41) is 4.13. The van der Waals surface area contributed by atoms with E-state index in [1.54, 1.807) is 0 Å². The Labute approximate surface area is 351 Å². The van der Waals surface area contributed by atoms with Crippen molar-refractivity contribution < 1.29 is 19.2 Å². The molecule has 0 saturated carbocycles. The van der Waals surface area contributed by atoms with Crippen molar-refractivity contribution in [3.05, 3.63) is 119 Å². The fourth-order valence-corrected chi connectivity index (χ4v) is 23.8. The Morgan fingerprint density at radius 3 is 0.491 bits per heavy atom. The van der Waals surface area contributed by atoms with Gasteiger partial charge in [-0.05, 0) is 87.3 Å². The van der Waals surface area contributed by atoms with E-state index in [0.29, 0.717) is 0 Å². The van der Waals surface area contributed by atoms with Crippen molar-refractivity contribution in [2.24, 2.45) is 0 Å². The molecule has 4 rings (SSSR count). The Morgan fingerprint density at radius 1 is 0.263 bits per heavy atom. The molecule has 0 aromatic heterocycles. The molecule has 0 aliphatic rings. The molecule has 0 atom stereocenters. The van der Waals surface area contributed by atoms with Crippen LogP contribution in [-0.2, 0) is 5.41 Å². The maximum absolute atomic E-state index is 12.3. The highest BCUT2D eigenvalue weighted by Gasteiger charge is 2.46. The SMILES string of the molecule is CC(C)[Si](O)(c1ccc(C(c2ccc([Si](O)(C(C)C)C(C)C)cc2)(c2ccc([Si](O)(C(C)C)C(C)C)cc2)c2ccc([Si](O)(C(C)C)C(C)C)cc2)cc1)C(C)C. The fourth-order valence-electron chi connectivity index (χ4n) is 10.3. The molecule has 0 radical (unpaired) electrons. The van der Waals surface area contributed by atoms with Gasteiger partial charge in [0.15, 0.2) is 0 Å². The molecule has 0 unspecified atom stereocenters. The third-order valence-electron chi connectivity index (χ3n) is 14.2. The molecule has 0 aliphatic heterocycles. The quantitative estimate of drug-likeness (QED) is 0.0670. The average Bonchev–Trinajstić information content (AvgIpc) is 3.17. The first-order valence-corrected chi connectivity index (χ1v) is 30.1. The number of hydrogen-bond donors (Lipinski definition) is 4. The molecule has 8 heteroatoms. The zero-order valence-electron chi connectivity index (χ0n) is 38.1. The summed E-state index contributed by atoms with van der Waals surface area (Å²) < 4.78 is 0. The van der Waals surface area contributed by atoms with Crippen LogP contribution >= 0.6 is 0 Å². The van der Waals surface area contributed by atoms with E-state index in [9.17, 15) is 19.2 Å². The van der Waals surface area contributed by atoms with Gasteiger partial charge in [-0.25, -0.2) is 0 Å². The Hall–Kier alpha value is -2.41. The van der Waals surface area contributed by atoms with Crippen LogP contribution in [0, 0.1) is 0 Å². The average molecular weight is 841 g/mol. The summed E-state index contributed by atoms with van der Waals surface area (Å²) in [7, 11) is -11.3. The van der Waals surface area contributed by atoms with Crippen LogP contribution in [0.5, 0.6) is 0 Å². The highest BCUT2D eigenvalue weighted by Crippen LogP contribution is 2.46. The van der Waals surface area contributed by atoms with Gasteiger partial charge < -0.3 is 19.2 Å². The normalized spacial score (nSPS) is 13.8. The molecule has 4 aromatic rings. The zero-order chi connectivity index (χ0) is 43.1. The van der Waals surface area contributed by atoms with E-state index < -0.39 is 38.7 Å². The molecule has 0 bridgehead atoms. The van der Waals surface area contributed by atoms with Gasteiger partial charge in [0.05, 0.1) is 5.41 Å². The van der Waals surface area contributed by atoms with E-state index in [2.05, 4.69) is 208 Å². The standard InChI is InChI=1S/C49H76O4Si4/c1-33(2)54(50,34(3)4)45-25-17-41(18-26-45)49(42-19-27-46(28-20-42)55(51,35(5)6)36(7)8,43-21-29-47(30-22-43)56(52,37(9)10)38(11)12)44-23-31-48(32-24-44)57(53,39(13)14)40(15)16/h17-40,50-53H,1-16H3. The molecule has 0 amide bonds. The summed E-state index contributed by atoms with van der Waals surface area (Å²) in [5.41, 5.74) is 4.71. The van der Waals surface area contributed by atoms with Crippen LogP contribution in [0.4, 0.5) is 0 Å². The van der Waals surface area contributed by atoms with Crippen LogP contribution < -0.4 is 20.7 Å². The van der Waals surface area contributed by atoms with E-state index in [0.717, 1.165) is 43.0 Å². The lowest BCUT2D eigenvalue weighted by atomic mass is 9.65. The van der Waals surface area contributed by atoms with Gasteiger partial charge in [0.1, 0.15) is 0 Å². The highest BCUT2D eigenvalue weighted by atomic mass is 28.4. The first-order chi connectivity index (χ1) is 26.4. The van der Waals surface area contributed by atoms with Crippen molar-refractivity contribution in [2.45, 2.75) is 161 Å².